The average molecular weight is 754 g/mol. The molecule has 0 radical (unpaired) electrons. The van der Waals surface area contributed by atoms with E-state index < -0.39 is 0 Å². The highest BCUT2D eigenvalue weighted by Crippen LogP contribution is 2.42. The maximum atomic E-state index is 6.47. The maximum absolute atomic E-state index is 6.47. The van der Waals surface area contributed by atoms with Crippen LogP contribution in [0.4, 0.5) is 0 Å². The fourth-order valence-electron chi connectivity index (χ4n) is 8.38. The van der Waals surface area contributed by atoms with Crippen LogP contribution in [0.25, 0.3) is 111 Å². The summed E-state index contributed by atoms with van der Waals surface area (Å²) in [5, 5.41) is 4.59. The van der Waals surface area contributed by atoms with Crippen molar-refractivity contribution in [3.63, 3.8) is 0 Å². The Bertz CT molecular complexity index is 3210. The molecule has 11 rings (SSSR count). The van der Waals surface area contributed by atoms with Crippen LogP contribution in [0.1, 0.15) is 0 Å². The number of rotatable bonds is 7. The lowest BCUT2D eigenvalue weighted by molar-refractivity contribution is 0.670. The van der Waals surface area contributed by atoms with Gasteiger partial charge in [-0.2, -0.15) is 0 Å². The number of benzene rings is 9. The summed E-state index contributed by atoms with van der Waals surface area (Å²) in [7, 11) is 0. The van der Waals surface area contributed by atoms with Crippen LogP contribution in [0, 0.1) is 0 Å². The van der Waals surface area contributed by atoms with Gasteiger partial charge >= 0.3 is 0 Å². The van der Waals surface area contributed by atoms with Crippen LogP contribution >= 0.6 is 0 Å². The normalized spacial score (nSPS) is 11.4. The summed E-state index contributed by atoms with van der Waals surface area (Å²) in [6, 6.07) is 73.9. The third-order valence-electron chi connectivity index (χ3n) is 11.2. The Labute approximate surface area is 341 Å². The van der Waals surface area contributed by atoms with Gasteiger partial charge in [0, 0.05) is 33.0 Å². The number of fused-ring (bicyclic) bond motifs is 4. The zero-order valence-electron chi connectivity index (χ0n) is 32.0. The Morgan fingerprint density at radius 2 is 0.661 bits per heavy atom. The van der Waals surface area contributed by atoms with Crippen molar-refractivity contribution in [3.8, 4) is 78.7 Å². The average Bonchev–Trinajstić information content (AvgIpc) is 3.71. The molecule has 9 aromatic carbocycles. The van der Waals surface area contributed by atoms with Gasteiger partial charge in [-0.05, 0) is 55.8 Å². The van der Waals surface area contributed by atoms with Crippen LogP contribution in [0.5, 0.6) is 0 Å². The number of furan rings is 1. The number of hydrogen-bond acceptors (Lipinski definition) is 4. The molecule has 0 aliphatic carbocycles. The molecule has 0 aliphatic rings. The highest BCUT2D eigenvalue weighted by molar-refractivity contribution is 6.13. The van der Waals surface area contributed by atoms with Gasteiger partial charge in [-0.15, -0.1) is 0 Å². The summed E-state index contributed by atoms with van der Waals surface area (Å²) in [4.78, 5) is 15.6. The Balaban J connectivity index is 1.03. The first kappa shape index (κ1) is 34.3. The van der Waals surface area contributed by atoms with Crippen LogP contribution < -0.4 is 0 Å². The minimum Gasteiger partial charge on any atom is -0.455 e. The topological polar surface area (TPSA) is 51.8 Å². The zero-order valence-corrected chi connectivity index (χ0v) is 32.0. The van der Waals surface area contributed by atoms with E-state index in [4.69, 9.17) is 19.4 Å². The number of hydrogen-bond donors (Lipinski definition) is 0. The quantitative estimate of drug-likeness (QED) is 0.163. The summed E-state index contributed by atoms with van der Waals surface area (Å²) < 4.78 is 6.47. The highest BCUT2D eigenvalue weighted by Gasteiger charge is 2.19. The Morgan fingerprint density at radius 3 is 1.29 bits per heavy atom. The first-order valence-corrected chi connectivity index (χ1v) is 19.9. The SMILES string of the molecule is c1ccc(-c2ccccc2-c2nc(-c3ccc(-c4ccc(-c5cccc6c5oc5ccccc56)c5ccccc45)cc3)nc(-c3ccccc3-c3ccccc3)n2)cc1. The zero-order chi connectivity index (χ0) is 39.1. The van der Waals surface area contributed by atoms with Crippen molar-refractivity contribution in [2.24, 2.45) is 0 Å². The van der Waals surface area contributed by atoms with Gasteiger partial charge in [-0.3, -0.25) is 0 Å². The number of para-hydroxylation sites is 2. The summed E-state index contributed by atoms with van der Waals surface area (Å²) in [6.45, 7) is 0. The molecule has 0 saturated carbocycles. The molecule has 0 unspecified atom stereocenters. The molecule has 0 amide bonds. The van der Waals surface area contributed by atoms with Crippen molar-refractivity contribution in [2.75, 3.05) is 0 Å². The van der Waals surface area contributed by atoms with Gasteiger partial charge in [0.2, 0.25) is 0 Å². The second kappa shape index (κ2) is 14.5. The lowest BCUT2D eigenvalue weighted by Crippen LogP contribution is -2.02. The molecule has 2 aromatic heterocycles. The highest BCUT2D eigenvalue weighted by atomic mass is 16.3. The fraction of sp³-hybridized carbons (Fsp3) is 0. The summed E-state index contributed by atoms with van der Waals surface area (Å²) in [5.41, 5.74) is 13.4. The summed E-state index contributed by atoms with van der Waals surface area (Å²) in [5.74, 6) is 1.86. The number of nitrogens with zero attached hydrogens (tertiary/aromatic N) is 3. The number of aromatic nitrogens is 3. The first-order chi connectivity index (χ1) is 29.3. The van der Waals surface area contributed by atoms with Crippen molar-refractivity contribution in [2.45, 2.75) is 0 Å². The van der Waals surface area contributed by atoms with Crippen LogP contribution in [0.2, 0.25) is 0 Å². The van der Waals surface area contributed by atoms with E-state index in [-0.39, 0.29) is 0 Å². The maximum Gasteiger partial charge on any atom is 0.164 e. The van der Waals surface area contributed by atoms with E-state index in [2.05, 4.69) is 176 Å². The van der Waals surface area contributed by atoms with E-state index in [1.54, 1.807) is 0 Å². The van der Waals surface area contributed by atoms with Gasteiger partial charge in [-0.1, -0.05) is 206 Å². The molecule has 0 spiro atoms. The Hall–Kier alpha value is -7.95. The lowest BCUT2D eigenvalue weighted by Gasteiger charge is -2.14. The van der Waals surface area contributed by atoms with Crippen LogP contribution in [-0.4, -0.2) is 15.0 Å². The minimum atomic E-state index is 0.612. The molecule has 59 heavy (non-hydrogen) atoms. The lowest BCUT2D eigenvalue weighted by atomic mass is 9.91. The monoisotopic (exact) mass is 753 g/mol. The largest absolute Gasteiger partial charge is 0.455 e. The van der Waals surface area contributed by atoms with Crippen LogP contribution in [0.3, 0.4) is 0 Å². The third-order valence-corrected chi connectivity index (χ3v) is 11.2. The van der Waals surface area contributed by atoms with Crippen LogP contribution in [-0.2, 0) is 0 Å². The van der Waals surface area contributed by atoms with Crippen molar-refractivity contribution < 1.29 is 4.42 Å². The fourth-order valence-corrected chi connectivity index (χ4v) is 8.38. The van der Waals surface area contributed by atoms with Crippen molar-refractivity contribution in [1.29, 1.82) is 0 Å². The van der Waals surface area contributed by atoms with Gasteiger partial charge in [0.05, 0.1) is 0 Å². The Kier molecular flexibility index (Phi) is 8.45. The summed E-state index contributed by atoms with van der Waals surface area (Å²) >= 11 is 0. The molecule has 276 valence electrons. The molecule has 4 nitrogen and oxygen atoms in total. The molecule has 4 heteroatoms. The van der Waals surface area contributed by atoms with Crippen LogP contribution in [0.15, 0.2) is 217 Å². The van der Waals surface area contributed by atoms with Crippen molar-refractivity contribution in [1.82, 2.24) is 15.0 Å². The van der Waals surface area contributed by atoms with E-state index in [1.165, 1.54) is 10.8 Å². The van der Waals surface area contributed by atoms with E-state index >= 15 is 0 Å². The summed E-state index contributed by atoms with van der Waals surface area (Å²) in [6.07, 6.45) is 0. The second-order valence-electron chi connectivity index (χ2n) is 14.7. The van der Waals surface area contributed by atoms with E-state index in [1.807, 2.05) is 36.4 Å². The molecule has 0 aliphatic heterocycles. The molecule has 0 fully saturated rings. The van der Waals surface area contributed by atoms with E-state index in [9.17, 15) is 0 Å². The molecule has 11 aromatic rings. The van der Waals surface area contributed by atoms with E-state index in [0.29, 0.717) is 17.5 Å². The molecule has 0 N–H and O–H groups in total. The predicted octanol–water partition coefficient (Wildman–Crippen LogP) is 14.6. The predicted molar refractivity (Wildman–Crippen MR) is 243 cm³/mol. The van der Waals surface area contributed by atoms with Gasteiger partial charge in [0.1, 0.15) is 11.2 Å². The molecule has 0 atom stereocenters. The molecule has 2 heterocycles. The minimum absolute atomic E-state index is 0.612. The third kappa shape index (κ3) is 6.15. The smallest absolute Gasteiger partial charge is 0.164 e. The molecule has 0 bridgehead atoms. The Morgan fingerprint density at radius 1 is 0.237 bits per heavy atom. The van der Waals surface area contributed by atoms with Gasteiger partial charge < -0.3 is 4.42 Å². The van der Waals surface area contributed by atoms with Gasteiger partial charge in [-0.25, -0.2) is 15.0 Å². The standard InChI is InChI=1S/C55H35N3O/c1-3-16-36(17-4-1)40-20-7-11-25-49(40)54-56-53(57-55(58-54)50-26-12-8-21-41(50)37-18-5-2-6-19-37)39-32-30-38(31-33-39)42-34-35-45(44-23-10-9-22-43(42)44)47-27-15-28-48-46-24-13-14-29-51(46)59-52(47)48/h1-35H. The van der Waals surface area contributed by atoms with Gasteiger partial charge in [0.15, 0.2) is 17.5 Å². The van der Waals surface area contributed by atoms with Crippen molar-refractivity contribution in [3.05, 3.63) is 212 Å². The van der Waals surface area contributed by atoms with Crippen molar-refractivity contribution >= 4 is 32.7 Å². The van der Waals surface area contributed by atoms with E-state index in [0.717, 1.165) is 83.1 Å². The molecular formula is C55H35N3O. The molecule has 0 saturated heterocycles. The first-order valence-electron chi connectivity index (χ1n) is 19.9. The molecular weight excluding hydrogens is 719 g/mol. The van der Waals surface area contributed by atoms with Gasteiger partial charge in [0.25, 0.3) is 0 Å². The second-order valence-corrected chi connectivity index (χ2v) is 14.7.